The molecule has 3 N–H and O–H groups in total. The quantitative estimate of drug-likeness (QED) is 0.200. The van der Waals surface area contributed by atoms with Crippen LogP contribution in [0.5, 0.6) is 0 Å². The fraction of sp³-hybridized carbons (Fsp3) is 0.333. The Kier molecular flexibility index (Phi) is 5.02. The zero-order valence-electron chi connectivity index (χ0n) is 7.71. The highest BCUT2D eigenvalue weighted by molar-refractivity contribution is 8.03. The molecule has 0 saturated carbocycles. The number of carbonyl (C=O) groups excluding carboxylic acids is 2. The van der Waals surface area contributed by atoms with Gasteiger partial charge in [0, 0.05) is 0 Å². The number of rotatable bonds is 4. The number of hydrogen-bond donors (Lipinski definition) is 3. The lowest BCUT2D eigenvalue weighted by Gasteiger charge is -2.03. The Hall–Kier alpha value is -1.22. The normalized spacial score (nSPS) is 11.7. The topological polar surface area (TPSA) is 182 Å². The van der Waals surface area contributed by atoms with Crippen molar-refractivity contribution in [1.29, 1.82) is 0 Å². The standard InChI is InChI=1S/C3H5BO11S2/c5-2(14-4(7)8)3(6)15-17(12,13)1-16(9,10)11/h7-8H,1H2,(H,9,10,11). The van der Waals surface area contributed by atoms with Crippen LogP contribution in [0.25, 0.3) is 0 Å². The van der Waals surface area contributed by atoms with Gasteiger partial charge in [-0.2, -0.15) is 16.8 Å². The molecule has 0 amide bonds. The SMILES string of the molecule is O=C(OB(O)O)C(=O)OS(=O)(=O)CS(=O)(=O)O. The summed E-state index contributed by atoms with van der Waals surface area (Å²) in [5, 5.41) is 14.2. The van der Waals surface area contributed by atoms with Gasteiger partial charge in [-0.15, -0.1) is 0 Å². The lowest BCUT2D eigenvalue weighted by Crippen LogP contribution is -2.31. The molecule has 0 aromatic carbocycles. The van der Waals surface area contributed by atoms with Crippen molar-refractivity contribution in [2.75, 3.05) is 5.08 Å². The molecule has 0 aliphatic heterocycles. The first-order valence-electron chi connectivity index (χ1n) is 3.41. The van der Waals surface area contributed by atoms with Gasteiger partial charge in [-0.1, -0.05) is 0 Å². The van der Waals surface area contributed by atoms with Crippen molar-refractivity contribution in [3.05, 3.63) is 0 Å². The average Bonchev–Trinajstić information content (AvgIpc) is 1.95. The molecule has 0 aromatic heterocycles. The van der Waals surface area contributed by atoms with Crippen LogP contribution >= 0.6 is 0 Å². The lowest BCUT2D eigenvalue weighted by molar-refractivity contribution is -0.157. The van der Waals surface area contributed by atoms with Gasteiger partial charge in [0.1, 0.15) is 0 Å². The molecule has 0 fully saturated rings. The van der Waals surface area contributed by atoms with E-state index in [9.17, 15) is 26.4 Å². The van der Waals surface area contributed by atoms with Crippen molar-refractivity contribution in [3.8, 4) is 0 Å². The number of carbonyl (C=O) groups is 2. The summed E-state index contributed by atoms with van der Waals surface area (Å²) in [5.41, 5.74) is 0. The molecular formula is C3H5BO11S2. The molecule has 0 spiro atoms. The summed E-state index contributed by atoms with van der Waals surface area (Å²) in [6.07, 6.45) is 0. The molecule has 0 aromatic rings. The lowest BCUT2D eigenvalue weighted by atomic mass is 10.3. The Bertz CT molecular complexity index is 499. The molecule has 0 unspecified atom stereocenters. The molecule has 17 heavy (non-hydrogen) atoms. The fourth-order valence-corrected chi connectivity index (χ4v) is 2.45. The van der Waals surface area contributed by atoms with Crippen LogP contribution in [0.1, 0.15) is 0 Å². The average molecular weight is 292 g/mol. The van der Waals surface area contributed by atoms with E-state index >= 15 is 0 Å². The van der Waals surface area contributed by atoms with Crippen LogP contribution in [0.3, 0.4) is 0 Å². The Morgan fingerprint density at radius 2 is 1.53 bits per heavy atom. The van der Waals surface area contributed by atoms with Gasteiger partial charge < -0.3 is 18.9 Å². The van der Waals surface area contributed by atoms with Gasteiger partial charge in [0.2, 0.25) is 5.08 Å². The molecular weight excluding hydrogens is 287 g/mol. The second-order valence-electron chi connectivity index (χ2n) is 2.36. The minimum absolute atomic E-state index is 1.96. The second-order valence-corrected chi connectivity index (χ2v) is 5.75. The third kappa shape index (κ3) is 7.64. The largest absolute Gasteiger partial charge is 0.709 e. The Morgan fingerprint density at radius 3 is 1.88 bits per heavy atom. The smallest absolute Gasteiger partial charge is 0.476 e. The molecule has 0 rings (SSSR count). The van der Waals surface area contributed by atoms with E-state index in [-0.39, 0.29) is 0 Å². The summed E-state index contributed by atoms with van der Waals surface area (Å²) in [5.74, 6) is -4.29. The highest BCUT2D eigenvalue weighted by Gasteiger charge is 2.31. The van der Waals surface area contributed by atoms with Crippen LogP contribution < -0.4 is 0 Å². The highest BCUT2D eigenvalue weighted by atomic mass is 32.3. The first kappa shape index (κ1) is 15.8. The molecule has 0 bridgehead atoms. The van der Waals surface area contributed by atoms with E-state index in [2.05, 4.69) is 8.84 Å². The van der Waals surface area contributed by atoms with Crippen LogP contribution in [-0.2, 0) is 38.7 Å². The molecule has 0 radical (unpaired) electrons. The van der Waals surface area contributed by atoms with Crippen LogP contribution in [-0.4, -0.2) is 55.8 Å². The maximum Gasteiger partial charge on any atom is 0.709 e. The van der Waals surface area contributed by atoms with Gasteiger partial charge >= 0.3 is 29.4 Å². The molecule has 0 aliphatic rings. The molecule has 0 atom stereocenters. The molecule has 0 heterocycles. The van der Waals surface area contributed by atoms with Crippen molar-refractivity contribution < 1.29 is 49.9 Å². The maximum absolute atomic E-state index is 10.7. The van der Waals surface area contributed by atoms with E-state index in [1.54, 1.807) is 0 Å². The van der Waals surface area contributed by atoms with Crippen LogP contribution in [0.2, 0.25) is 0 Å². The highest BCUT2D eigenvalue weighted by Crippen LogP contribution is 2.00. The molecule has 14 heteroatoms. The van der Waals surface area contributed by atoms with E-state index in [1.165, 1.54) is 0 Å². The minimum atomic E-state index is -5.07. The van der Waals surface area contributed by atoms with Crippen molar-refractivity contribution in [2.45, 2.75) is 0 Å². The second kappa shape index (κ2) is 5.41. The van der Waals surface area contributed by atoms with Gasteiger partial charge in [0.05, 0.1) is 0 Å². The first-order chi connectivity index (χ1) is 7.43. The van der Waals surface area contributed by atoms with Crippen molar-refractivity contribution in [2.24, 2.45) is 0 Å². The van der Waals surface area contributed by atoms with Crippen LogP contribution in [0.15, 0.2) is 0 Å². The van der Waals surface area contributed by atoms with Crippen LogP contribution in [0.4, 0.5) is 0 Å². The summed E-state index contributed by atoms with van der Waals surface area (Å²) >= 11 is 0. The van der Waals surface area contributed by atoms with E-state index in [1.807, 2.05) is 0 Å². The summed E-state index contributed by atoms with van der Waals surface area (Å²) < 4.78 is 56.7. The molecule has 0 aliphatic carbocycles. The molecule has 11 nitrogen and oxygen atoms in total. The van der Waals surface area contributed by atoms with E-state index in [0.717, 1.165) is 0 Å². The van der Waals surface area contributed by atoms with Crippen LogP contribution in [0, 0.1) is 0 Å². The Balaban J connectivity index is 4.65. The Morgan fingerprint density at radius 1 is 1.06 bits per heavy atom. The van der Waals surface area contributed by atoms with Gasteiger partial charge in [-0.05, 0) is 0 Å². The number of hydrogen-bond acceptors (Lipinski definition) is 10. The van der Waals surface area contributed by atoms with Gasteiger partial charge in [-0.3, -0.25) is 4.55 Å². The van der Waals surface area contributed by atoms with E-state index < -0.39 is 44.6 Å². The van der Waals surface area contributed by atoms with Crippen molar-refractivity contribution >= 4 is 39.5 Å². The predicted octanol–water partition coefficient (Wildman–Crippen LogP) is -3.78. The summed E-state index contributed by atoms with van der Waals surface area (Å²) in [6.45, 7) is 0. The maximum atomic E-state index is 10.7. The van der Waals surface area contributed by atoms with Gasteiger partial charge in [0.15, 0.2) is 0 Å². The van der Waals surface area contributed by atoms with E-state index in [0.29, 0.717) is 0 Å². The monoisotopic (exact) mass is 292 g/mol. The van der Waals surface area contributed by atoms with Gasteiger partial charge in [0.25, 0.3) is 10.1 Å². The van der Waals surface area contributed by atoms with E-state index in [4.69, 9.17) is 14.6 Å². The zero-order chi connectivity index (χ0) is 13.9. The van der Waals surface area contributed by atoms with Gasteiger partial charge in [-0.25, -0.2) is 9.59 Å². The minimum Gasteiger partial charge on any atom is -0.476 e. The Labute approximate surface area is 95.0 Å². The third-order valence-corrected chi connectivity index (χ3v) is 3.63. The van der Waals surface area contributed by atoms with Crippen molar-refractivity contribution in [3.63, 3.8) is 0 Å². The third-order valence-electron chi connectivity index (χ3n) is 0.875. The molecule has 98 valence electrons. The predicted molar refractivity (Wildman–Crippen MR) is 47.7 cm³/mol. The molecule has 0 saturated heterocycles. The summed E-state index contributed by atoms with van der Waals surface area (Å²) in [4.78, 5) is 21.1. The summed E-state index contributed by atoms with van der Waals surface area (Å²) in [7, 11) is -12.7. The summed E-state index contributed by atoms with van der Waals surface area (Å²) in [6, 6.07) is 0. The zero-order valence-corrected chi connectivity index (χ0v) is 9.34. The first-order valence-corrected chi connectivity index (χ1v) is 6.60. The fourth-order valence-electron chi connectivity index (χ4n) is 0.500. The van der Waals surface area contributed by atoms with Crippen molar-refractivity contribution in [1.82, 2.24) is 0 Å².